The normalized spacial score (nSPS) is 15.1. The minimum absolute atomic E-state index is 0.174. The summed E-state index contributed by atoms with van der Waals surface area (Å²) >= 11 is 1.28. The Balaban J connectivity index is 1.74. The molecule has 0 fully saturated rings. The summed E-state index contributed by atoms with van der Waals surface area (Å²) in [5, 5.41) is 18.1. The number of urea groups is 1. The van der Waals surface area contributed by atoms with Crippen LogP contribution in [0.5, 0.6) is 11.5 Å². The average Bonchev–Trinajstić information content (AvgIpc) is 3.37. The molecule has 2 amide bonds. The predicted molar refractivity (Wildman–Crippen MR) is 137 cm³/mol. The van der Waals surface area contributed by atoms with E-state index in [0.29, 0.717) is 41.1 Å². The Labute approximate surface area is 218 Å². The molecule has 1 aliphatic heterocycles. The van der Waals surface area contributed by atoms with Crippen LogP contribution in [0, 0.1) is 0 Å². The standard InChI is InChI=1S/C25H28N6O5S/c1-4-34-17-12-13-20(35-5-2)18(14-17)22-21(23(32)36-6-3)19(26-24(33)27-22)15-37-25-28-29-30-31(25)16-10-8-7-9-11-16/h7-14,22H,4-6,15H2,1-3H3,(H2,26,27,33). The number of para-hydroxylation sites is 1. The van der Waals surface area contributed by atoms with Crippen LogP contribution in [0.15, 0.2) is 65.0 Å². The SMILES string of the molecule is CCOC(=O)C1=C(CSc2nnnn2-c2ccccc2)NC(=O)NC1c1cc(OCC)ccc1OCC. The van der Waals surface area contributed by atoms with E-state index in [2.05, 4.69) is 26.2 Å². The van der Waals surface area contributed by atoms with Crippen LogP contribution < -0.4 is 20.1 Å². The molecule has 11 nitrogen and oxygen atoms in total. The van der Waals surface area contributed by atoms with Crippen molar-refractivity contribution in [3.63, 3.8) is 0 Å². The summed E-state index contributed by atoms with van der Waals surface area (Å²) < 4.78 is 18.5. The molecule has 194 valence electrons. The van der Waals surface area contributed by atoms with Crippen molar-refractivity contribution in [1.82, 2.24) is 30.8 Å². The zero-order valence-electron chi connectivity index (χ0n) is 20.8. The van der Waals surface area contributed by atoms with Crippen molar-refractivity contribution in [2.45, 2.75) is 32.0 Å². The average molecular weight is 525 g/mol. The van der Waals surface area contributed by atoms with Crippen molar-refractivity contribution >= 4 is 23.8 Å². The number of amides is 2. The summed E-state index contributed by atoms with van der Waals surface area (Å²) in [4.78, 5) is 26.0. The van der Waals surface area contributed by atoms with Crippen molar-refractivity contribution in [2.24, 2.45) is 0 Å². The van der Waals surface area contributed by atoms with E-state index < -0.39 is 18.0 Å². The van der Waals surface area contributed by atoms with E-state index in [1.54, 1.807) is 29.8 Å². The molecule has 0 spiro atoms. The molecule has 1 aliphatic rings. The summed E-state index contributed by atoms with van der Waals surface area (Å²) in [6.07, 6.45) is 0. The van der Waals surface area contributed by atoms with Gasteiger partial charge in [-0.3, -0.25) is 0 Å². The van der Waals surface area contributed by atoms with Crippen LogP contribution in [0.1, 0.15) is 32.4 Å². The Morgan fingerprint density at radius 2 is 1.84 bits per heavy atom. The maximum Gasteiger partial charge on any atom is 0.338 e. The monoisotopic (exact) mass is 524 g/mol. The van der Waals surface area contributed by atoms with Gasteiger partial charge >= 0.3 is 12.0 Å². The number of esters is 1. The lowest BCUT2D eigenvalue weighted by molar-refractivity contribution is -0.139. The van der Waals surface area contributed by atoms with Gasteiger partial charge in [0.25, 0.3) is 0 Å². The summed E-state index contributed by atoms with van der Waals surface area (Å²) in [5.74, 6) is 0.776. The highest BCUT2D eigenvalue weighted by atomic mass is 32.2. The minimum atomic E-state index is -0.824. The topological polar surface area (TPSA) is 129 Å². The molecule has 1 unspecified atom stereocenters. The van der Waals surface area contributed by atoms with Crippen LogP contribution in [0.25, 0.3) is 5.69 Å². The minimum Gasteiger partial charge on any atom is -0.494 e. The number of aromatic nitrogens is 4. The Morgan fingerprint density at radius 1 is 1.05 bits per heavy atom. The molecule has 0 radical (unpaired) electrons. The first-order valence-corrected chi connectivity index (χ1v) is 12.9. The lowest BCUT2D eigenvalue weighted by atomic mass is 9.94. The molecule has 0 saturated carbocycles. The van der Waals surface area contributed by atoms with Gasteiger partial charge in [-0.25, -0.2) is 9.59 Å². The molecule has 4 rings (SSSR count). The third kappa shape index (κ3) is 6.02. The number of hydrogen-bond donors (Lipinski definition) is 2. The van der Waals surface area contributed by atoms with Crippen LogP contribution in [0.4, 0.5) is 4.79 Å². The maximum atomic E-state index is 13.2. The summed E-state index contributed by atoms with van der Waals surface area (Å²) in [7, 11) is 0. The smallest absolute Gasteiger partial charge is 0.338 e. The van der Waals surface area contributed by atoms with Crippen LogP contribution in [-0.2, 0) is 9.53 Å². The molecule has 0 aliphatic carbocycles. The number of tetrazole rings is 1. The maximum absolute atomic E-state index is 13.2. The van der Waals surface area contributed by atoms with Gasteiger partial charge in [-0.05, 0) is 61.5 Å². The highest BCUT2D eigenvalue weighted by Crippen LogP contribution is 2.37. The molecule has 37 heavy (non-hydrogen) atoms. The van der Waals surface area contributed by atoms with Gasteiger partial charge in [0.1, 0.15) is 11.5 Å². The Kier molecular flexibility index (Phi) is 8.62. The number of nitrogens with one attached hydrogen (secondary N) is 2. The van der Waals surface area contributed by atoms with Gasteiger partial charge in [0, 0.05) is 17.0 Å². The lowest BCUT2D eigenvalue weighted by Gasteiger charge is -2.30. The molecule has 2 heterocycles. The first-order chi connectivity index (χ1) is 18.0. The number of thioether (sulfide) groups is 1. The fraction of sp³-hybridized carbons (Fsp3) is 0.320. The van der Waals surface area contributed by atoms with E-state index in [4.69, 9.17) is 14.2 Å². The van der Waals surface area contributed by atoms with Gasteiger partial charge < -0.3 is 24.8 Å². The molecule has 12 heteroatoms. The molecule has 1 aromatic heterocycles. The van der Waals surface area contributed by atoms with Gasteiger partial charge in [-0.2, -0.15) is 4.68 Å². The number of rotatable bonds is 11. The van der Waals surface area contributed by atoms with E-state index in [0.717, 1.165) is 5.69 Å². The fourth-order valence-corrected chi connectivity index (χ4v) is 4.71. The summed E-state index contributed by atoms with van der Waals surface area (Å²) in [6.45, 7) is 6.51. The van der Waals surface area contributed by atoms with Crippen LogP contribution >= 0.6 is 11.8 Å². The molecular formula is C25H28N6O5S. The highest BCUT2D eigenvalue weighted by Gasteiger charge is 2.36. The van der Waals surface area contributed by atoms with E-state index in [-0.39, 0.29) is 17.9 Å². The number of ether oxygens (including phenoxy) is 3. The third-order valence-electron chi connectivity index (χ3n) is 5.34. The molecule has 2 N–H and O–H groups in total. The fourth-order valence-electron chi connectivity index (χ4n) is 3.85. The molecule has 3 aromatic rings. The first kappa shape index (κ1) is 26.0. The van der Waals surface area contributed by atoms with Crippen molar-refractivity contribution in [3.05, 3.63) is 65.4 Å². The van der Waals surface area contributed by atoms with Gasteiger partial charge in [0.2, 0.25) is 5.16 Å². The first-order valence-electron chi connectivity index (χ1n) is 11.9. The second-order valence-electron chi connectivity index (χ2n) is 7.71. The van der Waals surface area contributed by atoms with Gasteiger partial charge in [0.05, 0.1) is 37.1 Å². The second kappa shape index (κ2) is 12.3. The van der Waals surface area contributed by atoms with Crippen molar-refractivity contribution < 1.29 is 23.8 Å². The lowest BCUT2D eigenvalue weighted by Crippen LogP contribution is -2.46. The van der Waals surface area contributed by atoms with E-state index in [1.165, 1.54) is 11.8 Å². The number of benzene rings is 2. The Hall–Kier alpha value is -4.06. The predicted octanol–water partition coefficient (Wildman–Crippen LogP) is 3.42. The quantitative estimate of drug-likeness (QED) is 0.286. The number of carbonyl (C=O) groups is 2. The zero-order valence-corrected chi connectivity index (χ0v) is 21.6. The van der Waals surface area contributed by atoms with E-state index in [1.807, 2.05) is 44.2 Å². The molecule has 2 aromatic carbocycles. The Bertz CT molecular complexity index is 1280. The van der Waals surface area contributed by atoms with Crippen molar-refractivity contribution in [1.29, 1.82) is 0 Å². The molecular weight excluding hydrogens is 496 g/mol. The Morgan fingerprint density at radius 3 is 2.57 bits per heavy atom. The van der Waals surface area contributed by atoms with E-state index in [9.17, 15) is 9.59 Å². The van der Waals surface area contributed by atoms with Crippen molar-refractivity contribution in [3.8, 4) is 17.2 Å². The highest BCUT2D eigenvalue weighted by molar-refractivity contribution is 7.99. The van der Waals surface area contributed by atoms with Crippen LogP contribution in [0.3, 0.4) is 0 Å². The summed E-state index contributed by atoms with van der Waals surface area (Å²) in [6, 6.07) is 13.5. The number of carbonyl (C=O) groups excluding carboxylic acids is 2. The molecule has 1 atom stereocenters. The molecule has 0 bridgehead atoms. The summed E-state index contributed by atoms with van der Waals surface area (Å²) in [5.41, 5.74) is 2.03. The third-order valence-corrected chi connectivity index (χ3v) is 6.29. The number of hydrogen-bond acceptors (Lipinski definition) is 9. The number of nitrogens with zero attached hydrogens (tertiary/aromatic N) is 4. The van der Waals surface area contributed by atoms with E-state index >= 15 is 0 Å². The molecule has 0 saturated heterocycles. The zero-order chi connectivity index (χ0) is 26.2. The van der Waals surface area contributed by atoms with Gasteiger partial charge in [-0.1, -0.05) is 30.0 Å². The van der Waals surface area contributed by atoms with Crippen molar-refractivity contribution in [2.75, 3.05) is 25.6 Å². The van der Waals surface area contributed by atoms with Gasteiger partial charge in [0.15, 0.2) is 0 Å². The van der Waals surface area contributed by atoms with Gasteiger partial charge in [-0.15, -0.1) is 5.10 Å². The largest absolute Gasteiger partial charge is 0.494 e. The van der Waals surface area contributed by atoms with Crippen LogP contribution in [0.2, 0.25) is 0 Å². The second-order valence-corrected chi connectivity index (χ2v) is 8.65. The van der Waals surface area contributed by atoms with Crippen LogP contribution in [-0.4, -0.2) is 57.8 Å².